The molecule has 0 radical (unpaired) electrons. The zero-order valence-corrected chi connectivity index (χ0v) is 13.0. The third-order valence-corrected chi connectivity index (χ3v) is 5.63. The number of nitrogens with one attached hydrogen (secondary N) is 1. The van der Waals surface area contributed by atoms with Crippen molar-refractivity contribution in [1.29, 1.82) is 0 Å². The standard InChI is InChI=1S/C19H24N2/c1-12-7-8-13-11-14(9-10-17(13)21-12)19(20-2)18-15-5-3-4-6-16(15)18/h7-11,15-16,18-20H,3-6H2,1-2H3. The molecule has 2 nitrogen and oxygen atoms in total. The van der Waals surface area contributed by atoms with E-state index in [9.17, 15) is 0 Å². The first kappa shape index (κ1) is 13.3. The van der Waals surface area contributed by atoms with Crippen molar-refractivity contribution in [2.24, 2.45) is 17.8 Å². The van der Waals surface area contributed by atoms with Crippen molar-refractivity contribution in [1.82, 2.24) is 10.3 Å². The third-order valence-electron chi connectivity index (χ3n) is 5.63. The molecule has 4 rings (SSSR count). The van der Waals surface area contributed by atoms with Crippen molar-refractivity contribution >= 4 is 10.9 Å². The van der Waals surface area contributed by atoms with Crippen LogP contribution in [0.5, 0.6) is 0 Å². The summed E-state index contributed by atoms with van der Waals surface area (Å²) >= 11 is 0. The van der Waals surface area contributed by atoms with E-state index < -0.39 is 0 Å². The van der Waals surface area contributed by atoms with Crippen molar-refractivity contribution < 1.29 is 0 Å². The van der Waals surface area contributed by atoms with Gasteiger partial charge >= 0.3 is 0 Å². The maximum absolute atomic E-state index is 4.61. The Labute approximate surface area is 127 Å². The summed E-state index contributed by atoms with van der Waals surface area (Å²) in [4.78, 5) is 4.61. The van der Waals surface area contributed by atoms with E-state index in [0.717, 1.165) is 29.0 Å². The Balaban J connectivity index is 1.66. The highest BCUT2D eigenvalue weighted by Crippen LogP contribution is 2.60. The van der Waals surface area contributed by atoms with E-state index in [4.69, 9.17) is 0 Å². The Hall–Kier alpha value is -1.41. The zero-order valence-electron chi connectivity index (χ0n) is 13.0. The topological polar surface area (TPSA) is 24.9 Å². The van der Waals surface area contributed by atoms with Gasteiger partial charge in [-0.1, -0.05) is 25.0 Å². The minimum Gasteiger partial charge on any atom is -0.313 e. The number of rotatable bonds is 3. The predicted octanol–water partition coefficient (Wildman–Crippen LogP) is 4.24. The van der Waals surface area contributed by atoms with Gasteiger partial charge in [0.1, 0.15) is 0 Å². The fourth-order valence-corrected chi connectivity index (χ4v) is 4.56. The molecule has 1 aromatic carbocycles. The van der Waals surface area contributed by atoms with Crippen LogP contribution in [0.1, 0.15) is 43.0 Å². The Morgan fingerprint density at radius 1 is 1.10 bits per heavy atom. The van der Waals surface area contributed by atoms with Crippen LogP contribution in [0.2, 0.25) is 0 Å². The summed E-state index contributed by atoms with van der Waals surface area (Å²) in [6, 6.07) is 11.6. The molecule has 0 saturated heterocycles. The smallest absolute Gasteiger partial charge is 0.0705 e. The Morgan fingerprint density at radius 3 is 2.57 bits per heavy atom. The summed E-state index contributed by atoms with van der Waals surface area (Å²) < 4.78 is 0. The molecule has 110 valence electrons. The van der Waals surface area contributed by atoms with Gasteiger partial charge in [0.2, 0.25) is 0 Å². The van der Waals surface area contributed by atoms with E-state index in [0.29, 0.717) is 6.04 Å². The number of benzene rings is 1. The molecule has 2 saturated carbocycles. The predicted molar refractivity (Wildman–Crippen MR) is 87.2 cm³/mol. The second-order valence-corrected chi connectivity index (χ2v) is 6.86. The van der Waals surface area contributed by atoms with Gasteiger partial charge in [0.15, 0.2) is 0 Å². The molecule has 0 spiro atoms. The highest BCUT2D eigenvalue weighted by Gasteiger charge is 2.53. The maximum atomic E-state index is 4.61. The van der Waals surface area contributed by atoms with Gasteiger partial charge in [-0.05, 0) is 68.3 Å². The lowest BCUT2D eigenvalue weighted by Gasteiger charge is -2.18. The first-order valence-electron chi connectivity index (χ1n) is 8.32. The molecule has 1 aromatic heterocycles. The van der Waals surface area contributed by atoms with Crippen molar-refractivity contribution in [2.45, 2.75) is 38.6 Å². The van der Waals surface area contributed by atoms with Gasteiger partial charge in [-0.3, -0.25) is 4.98 Å². The normalized spacial score (nSPS) is 29.1. The van der Waals surface area contributed by atoms with Gasteiger partial charge in [-0.2, -0.15) is 0 Å². The summed E-state index contributed by atoms with van der Waals surface area (Å²) in [5, 5.41) is 4.86. The molecular formula is C19H24N2. The quantitative estimate of drug-likeness (QED) is 0.909. The molecule has 2 fully saturated rings. The van der Waals surface area contributed by atoms with Gasteiger partial charge in [0.25, 0.3) is 0 Å². The van der Waals surface area contributed by atoms with Crippen molar-refractivity contribution in [2.75, 3.05) is 7.05 Å². The molecule has 2 aliphatic rings. The van der Waals surface area contributed by atoms with Crippen LogP contribution in [-0.2, 0) is 0 Å². The van der Waals surface area contributed by atoms with E-state index in [2.05, 4.69) is 54.6 Å². The lowest BCUT2D eigenvalue weighted by molar-refractivity contribution is 0.480. The van der Waals surface area contributed by atoms with Gasteiger partial charge in [-0.15, -0.1) is 0 Å². The summed E-state index contributed by atoms with van der Waals surface area (Å²) in [6.07, 6.45) is 5.77. The molecule has 2 aromatic rings. The summed E-state index contributed by atoms with van der Waals surface area (Å²) in [5.74, 6) is 2.81. The zero-order chi connectivity index (χ0) is 14.4. The van der Waals surface area contributed by atoms with Crippen molar-refractivity contribution in [3.63, 3.8) is 0 Å². The Kier molecular flexibility index (Phi) is 3.22. The minimum atomic E-state index is 0.517. The van der Waals surface area contributed by atoms with Gasteiger partial charge in [-0.25, -0.2) is 0 Å². The number of aromatic nitrogens is 1. The van der Waals surface area contributed by atoms with Crippen molar-refractivity contribution in [3.05, 3.63) is 41.6 Å². The fourth-order valence-electron chi connectivity index (χ4n) is 4.56. The van der Waals surface area contributed by atoms with Crippen LogP contribution < -0.4 is 5.32 Å². The molecule has 2 heteroatoms. The number of aryl methyl sites for hydroxylation is 1. The average molecular weight is 280 g/mol. The molecule has 0 bridgehead atoms. The second kappa shape index (κ2) is 5.10. The SMILES string of the molecule is CNC(c1ccc2nc(C)ccc2c1)C1C2CCCCC21. The van der Waals surface area contributed by atoms with E-state index in [1.54, 1.807) is 0 Å². The molecule has 2 aliphatic carbocycles. The summed E-state index contributed by atoms with van der Waals surface area (Å²) in [5.41, 5.74) is 3.64. The van der Waals surface area contributed by atoms with Crippen LogP contribution in [0, 0.1) is 24.7 Å². The molecule has 1 N–H and O–H groups in total. The van der Waals surface area contributed by atoms with Gasteiger partial charge in [0.05, 0.1) is 5.52 Å². The van der Waals surface area contributed by atoms with Crippen LogP contribution in [0.25, 0.3) is 10.9 Å². The first-order valence-corrected chi connectivity index (χ1v) is 8.32. The molecule has 1 heterocycles. The summed E-state index contributed by atoms with van der Waals surface area (Å²) in [6.45, 7) is 2.05. The van der Waals surface area contributed by atoms with Crippen LogP contribution in [0.15, 0.2) is 30.3 Å². The molecular weight excluding hydrogens is 256 g/mol. The fraction of sp³-hybridized carbons (Fsp3) is 0.526. The van der Waals surface area contributed by atoms with Crippen LogP contribution in [-0.4, -0.2) is 12.0 Å². The van der Waals surface area contributed by atoms with Crippen LogP contribution >= 0.6 is 0 Å². The second-order valence-electron chi connectivity index (χ2n) is 6.86. The van der Waals surface area contributed by atoms with Crippen molar-refractivity contribution in [3.8, 4) is 0 Å². The summed E-state index contributed by atoms with van der Waals surface area (Å²) in [7, 11) is 2.12. The average Bonchev–Trinajstić information content (AvgIpc) is 3.23. The van der Waals surface area contributed by atoms with Gasteiger partial charge < -0.3 is 5.32 Å². The lowest BCUT2D eigenvalue weighted by atomic mass is 9.98. The Morgan fingerprint density at radius 2 is 1.86 bits per heavy atom. The number of hydrogen-bond donors (Lipinski definition) is 1. The molecule has 3 unspecified atom stereocenters. The number of nitrogens with zero attached hydrogens (tertiary/aromatic N) is 1. The van der Waals surface area contributed by atoms with E-state index in [1.807, 2.05) is 0 Å². The van der Waals surface area contributed by atoms with Gasteiger partial charge in [0, 0.05) is 17.1 Å². The molecule has 0 amide bonds. The molecule has 21 heavy (non-hydrogen) atoms. The molecule has 3 atom stereocenters. The third kappa shape index (κ3) is 2.26. The number of hydrogen-bond acceptors (Lipinski definition) is 2. The Bertz CT molecular complexity index is 652. The molecule has 0 aliphatic heterocycles. The van der Waals surface area contributed by atoms with E-state index >= 15 is 0 Å². The minimum absolute atomic E-state index is 0.517. The largest absolute Gasteiger partial charge is 0.313 e. The monoisotopic (exact) mass is 280 g/mol. The van der Waals surface area contributed by atoms with Crippen LogP contribution in [0.4, 0.5) is 0 Å². The van der Waals surface area contributed by atoms with Crippen LogP contribution in [0.3, 0.4) is 0 Å². The first-order chi connectivity index (χ1) is 10.3. The number of fused-ring (bicyclic) bond motifs is 2. The highest BCUT2D eigenvalue weighted by molar-refractivity contribution is 5.79. The van der Waals surface area contributed by atoms with E-state index in [1.165, 1.54) is 36.6 Å². The lowest BCUT2D eigenvalue weighted by Crippen LogP contribution is -2.19. The maximum Gasteiger partial charge on any atom is 0.0705 e. The highest BCUT2D eigenvalue weighted by atomic mass is 14.9. The number of pyridine rings is 1. The van der Waals surface area contributed by atoms with E-state index in [-0.39, 0.29) is 0 Å².